The molecular weight excluding hydrogens is 308 g/mol. The number of pyridine rings is 1. The van der Waals surface area contributed by atoms with Crippen LogP contribution in [0.5, 0.6) is 0 Å². The maximum atomic E-state index is 12.5. The van der Waals surface area contributed by atoms with Gasteiger partial charge in [0, 0.05) is 50.0 Å². The smallest absolute Gasteiger partial charge is 0.410 e. The summed E-state index contributed by atoms with van der Waals surface area (Å²) in [5.41, 5.74) is -0.538. The number of carbonyl (C=O) groups excluding carboxylic acids is 2. The molecule has 128 valence electrons. The molecule has 3 heterocycles. The second-order valence-electron chi connectivity index (χ2n) is 7.17. The van der Waals surface area contributed by atoms with Gasteiger partial charge in [0.05, 0.1) is 0 Å². The molecule has 1 spiro atoms. The number of carbonyl (C=O) groups is 2. The van der Waals surface area contributed by atoms with Crippen LogP contribution in [0.4, 0.5) is 4.79 Å². The molecule has 0 radical (unpaired) electrons. The summed E-state index contributed by atoms with van der Waals surface area (Å²) < 4.78 is 11.4. The molecule has 0 bridgehead atoms. The second kappa shape index (κ2) is 5.92. The van der Waals surface area contributed by atoms with Crippen LogP contribution in [-0.2, 0) is 14.3 Å². The van der Waals surface area contributed by atoms with Gasteiger partial charge in [0.2, 0.25) is 5.78 Å². The molecule has 24 heavy (non-hydrogen) atoms. The summed E-state index contributed by atoms with van der Waals surface area (Å²) in [4.78, 5) is 30.2. The molecule has 2 aliphatic heterocycles. The van der Waals surface area contributed by atoms with Gasteiger partial charge in [-0.05, 0) is 32.9 Å². The Morgan fingerprint density at radius 2 is 1.88 bits per heavy atom. The summed E-state index contributed by atoms with van der Waals surface area (Å²) in [6.45, 7) is 6.40. The van der Waals surface area contributed by atoms with Crippen LogP contribution in [-0.4, -0.2) is 46.1 Å². The van der Waals surface area contributed by atoms with Crippen molar-refractivity contribution >= 4 is 17.6 Å². The fourth-order valence-electron chi connectivity index (χ4n) is 2.92. The molecule has 3 rings (SSSR count). The van der Waals surface area contributed by atoms with Gasteiger partial charge < -0.3 is 14.4 Å². The Hall–Kier alpha value is -2.37. The summed E-state index contributed by atoms with van der Waals surface area (Å²) in [5.74, 6) is 0.547. The lowest BCUT2D eigenvalue weighted by atomic mass is 9.88. The maximum Gasteiger partial charge on any atom is 0.410 e. The number of nitrogens with zero attached hydrogens (tertiary/aromatic N) is 2. The van der Waals surface area contributed by atoms with Crippen molar-refractivity contribution in [2.45, 2.75) is 44.8 Å². The second-order valence-corrected chi connectivity index (χ2v) is 7.17. The molecule has 1 saturated heterocycles. The van der Waals surface area contributed by atoms with Gasteiger partial charge in [-0.25, -0.2) is 4.79 Å². The molecule has 1 fully saturated rings. The topological polar surface area (TPSA) is 68.7 Å². The van der Waals surface area contributed by atoms with E-state index in [0.29, 0.717) is 31.7 Å². The van der Waals surface area contributed by atoms with E-state index in [9.17, 15) is 9.59 Å². The van der Waals surface area contributed by atoms with Crippen LogP contribution in [0, 0.1) is 0 Å². The third-order valence-corrected chi connectivity index (χ3v) is 4.20. The Kier molecular flexibility index (Phi) is 4.07. The van der Waals surface area contributed by atoms with E-state index in [2.05, 4.69) is 4.98 Å². The van der Waals surface area contributed by atoms with Crippen molar-refractivity contribution in [3.05, 3.63) is 36.2 Å². The minimum absolute atomic E-state index is 0.0295. The van der Waals surface area contributed by atoms with E-state index in [1.807, 2.05) is 32.9 Å². The third kappa shape index (κ3) is 3.27. The summed E-state index contributed by atoms with van der Waals surface area (Å²) in [6.07, 6.45) is 5.48. The maximum absolute atomic E-state index is 12.5. The number of hydrogen-bond acceptors (Lipinski definition) is 5. The predicted molar refractivity (Wildman–Crippen MR) is 88.1 cm³/mol. The Labute approximate surface area is 141 Å². The fourth-order valence-corrected chi connectivity index (χ4v) is 2.92. The molecular formula is C18H22N2O4. The zero-order chi connectivity index (χ0) is 17.4. The van der Waals surface area contributed by atoms with E-state index in [-0.39, 0.29) is 11.9 Å². The molecule has 0 aliphatic carbocycles. The minimum Gasteiger partial charge on any atom is -0.478 e. The van der Waals surface area contributed by atoms with E-state index in [1.165, 1.54) is 0 Å². The number of hydrogen-bond donors (Lipinski definition) is 0. The first-order valence-corrected chi connectivity index (χ1v) is 8.13. The molecule has 0 saturated carbocycles. The first-order valence-electron chi connectivity index (χ1n) is 8.13. The molecule has 1 amide bonds. The summed E-state index contributed by atoms with van der Waals surface area (Å²) >= 11 is 0. The van der Waals surface area contributed by atoms with Gasteiger partial charge in [-0.2, -0.15) is 0 Å². The molecule has 0 atom stereocenters. The van der Waals surface area contributed by atoms with Crippen molar-refractivity contribution in [2.24, 2.45) is 0 Å². The minimum atomic E-state index is -0.850. The largest absolute Gasteiger partial charge is 0.478 e. The molecule has 1 aromatic heterocycles. The highest BCUT2D eigenvalue weighted by atomic mass is 16.6. The van der Waals surface area contributed by atoms with Gasteiger partial charge in [0.15, 0.2) is 5.60 Å². The highest BCUT2D eigenvalue weighted by Crippen LogP contribution is 2.38. The third-order valence-electron chi connectivity index (χ3n) is 4.20. The van der Waals surface area contributed by atoms with E-state index in [4.69, 9.17) is 9.47 Å². The summed E-state index contributed by atoms with van der Waals surface area (Å²) in [6, 6.07) is 3.63. The Morgan fingerprint density at radius 1 is 1.25 bits per heavy atom. The summed E-state index contributed by atoms with van der Waals surface area (Å²) in [5, 5.41) is 0. The van der Waals surface area contributed by atoms with Gasteiger partial charge in [0.1, 0.15) is 11.4 Å². The lowest BCUT2D eigenvalue weighted by Gasteiger charge is -2.38. The van der Waals surface area contributed by atoms with Gasteiger partial charge in [-0.1, -0.05) is 0 Å². The van der Waals surface area contributed by atoms with Crippen molar-refractivity contribution < 1.29 is 19.1 Å². The predicted octanol–water partition coefficient (Wildman–Crippen LogP) is 2.79. The molecule has 6 heteroatoms. The van der Waals surface area contributed by atoms with Crippen molar-refractivity contribution in [1.29, 1.82) is 0 Å². The van der Waals surface area contributed by atoms with Crippen LogP contribution in [0.1, 0.15) is 39.2 Å². The van der Waals surface area contributed by atoms with Crippen LogP contribution in [0.15, 0.2) is 30.6 Å². The Bertz CT molecular complexity index is 668. The van der Waals surface area contributed by atoms with Crippen LogP contribution in [0.25, 0.3) is 5.76 Å². The number of aromatic nitrogens is 1. The number of rotatable bonds is 1. The van der Waals surface area contributed by atoms with E-state index >= 15 is 0 Å². The zero-order valence-electron chi connectivity index (χ0n) is 14.2. The molecule has 6 nitrogen and oxygen atoms in total. The Morgan fingerprint density at radius 3 is 2.46 bits per heavy atom. The monoisotopic (exact) mass is 330 g/mol. The highest BCUT2D eigenvalue weighted by molar-refractivity contribution is 6.05. The number of ketones is 1. The van der Waals surface area contributed by atoms with Crippen LogP contribution >= 0.6 is 0 Å². The number of likely N-dealkylation sites (tertiary alicyclic amines) is 1. The average molecular weight is 330 g/mol. The average Bonchev–Trinajstić information content (AvgIpc) is 2.84. The van der Waals surface area contributed by atoms with Crippen LogP contribution in [0.2, 0.25) is 0 Å². The lowest BCUT2D eigenvalue weighted by Crippen LogP contribution is -2.51. The van der Waals surface area contributed by atoms with Gasteiger partial charge in [0.25, 0.3) is 0 Å². The number of amides is 1. The van der Waals surface area contributed by atoms with Gasteiger partial charge in [-0.15, -0.1) is 0 Å². The molecule has 2 aliphatic rings. The van der Waals surface area contributed by atoms with Crippen molar-refractivity contribution in [3.63, 3.8) is 0 Å². The SMILES string of the molecule is CC(C)(C)OC(=O)N1CCC2(CC1)OC(c1ccncc1)=CC2=O. The number of piperidine rings is 1. The fraction of sp³-hybridized carbons (Fsp3) is 0.500. The van der Waals surface area contributed by atoms with Crippen LogP contribution in [0.3, 0.4) is 0 Å². The van der Waals surface area contributed by atoms with E-state index in [0.717, 1.165) is 5.56 Å². The van der Waals surface area contributed by atoms with E-state index < -0.39 is 11.2 Å². The van der Waals surface area contributed by atoms with Crippen molar-refractivity contribution in [2.75, 3.05) is 13.1 Å². The summed E-state index contributed by atoms with van der Waals surface area (Å²) in [7, 11) is 0. The van der Waals surface area contributed by atoms with E-state index in [1.54, 1.807) is 23.4 Å². The Balaban J connectivity index is 1.65. The molecule has 0 aromatic carbocycles. The van der Waals surface area contributed by atoms with Gasteiger partial charge >= 0.3 is 6.09 Å². The number of ether oxygens (including phenoxy) is 2. The van der Waals surface area contributed by atoms with Crippen molar-refractivity contribution in [3.8, 4) is 0 Å². The normalized spacial score (nSPS) is 19.9. The van der Waals surface area contributed by atoms with Gasteiger partial charge in [-0.3, -0.25) is 9.78 Å². The first kappa shape index (κ1) is 16.5. The van der Waals surface area contributed by atoms with Crippen molar-refractivity contribution in [1.82, 2.24) is 9.88 Å². The molecule has 1 aromatic rings. The standard InChI is InChI=1S/C18H22N2O4/c1-17(2,3)24-16(22)20-10-6-18(7-11-20)15(21)12-14(23-18)13-4-8-19-9-5-13/h4-5,8-9,12H,6-7,10-11H2,1-3H3. The zero-order valence-corrected chi connectivity index (χ0v) is 14.2. The quantitative estimate of drug-likeness (QED) is 0.792. The first-order chi connectivity index (χ1) is 11.3. The highest BCUT2D eigenvalue weighted by Gasteiger charge is 2.48. The van der Waals surface area contributed by atoms with Crippen LogP contribution < -0.4 is 0 Å². The lowest BCUT2D eigenvalue weighted by molar-refractivity contribution is -0.132. The molecule has 0 unspecified atom stereocenters. The molecule has 0 N–H and O–H groups in total.